The Balaban J connectivity index is 3.69. The van der Waals surface area contributed by atoms with Gasteiger partial charge in [0, 0.05) is 0 Å². The summed E-state index contributed by atoms with van der Waals surface area (Å²) in [6.07, 6.45) is 0.256. The number of rotatable bonds is 4. The normalized spacial score (nSPS) is 17.4. The van der Waals surface area contributed by atoms with Crippen LogP contribution in [0.2, 0.25) is 0 Å². The standard InChI is InChI=1S/C7H17NO2/c1-4-6(9)8(3)7(10)5-2/h6-7,9-10H,4-5H2,1-3H3. The van der Waals surface area contributed by atoms with Gasteiger partial charge in [0.2, 0.25) is 0 Å². The highest BCUT2D eigenvalue weighted by Gasteiger charge is 2.14. The predicted octanol–water partition coefficient (Wildman–Crippen LogP) is 0.375. The van der Waals surface area contributed by atoms with Gasteiger partial charge in [-0.3, -0.25) is 4.90 Å². The second-order valence-corrected chi connectivity index (χ2v) is 2.44. The van der Waals surface area contributed by atoms with E-state index in [1.807, 2.05) is 13.8 Å². The maximum absolute atomic E-state index is 9.19. The lowest BCUT2D eigenvalue weighted by molar-refractivity contribution is -0.0870. The van der Waals surface area contributed by atoms with Gasteiger partial charge in [-0.1, -0.05) is 13.8 Å². The molecule has 0 aromatic carbocycles. The molecule has 62 valence electrons. The molecule has 0 aliphatic rings. The molecule has 2 unspecified atom stereocenters. The van der Waals surface area contributed by atoms with Crippen LogP contribution in [-0.4, -0.2) is 34.6 Å². The van der Waals surface area contributed by atoms with Gasteiger partial charge in [-0.15, -0.1) is 0 Å². The van der Waals surface area contributed by atoms with E-state index in [1.165, 1.54) is 0 Å². The van der Waals surface area contributed by atoms with Crippen LogP contribution in [0.15, 0.2) is 0 Å². The zero-order valence-corrected chi connectivity index (χ0v) is 6.91. The molecule has 3 nitrogen and oxygen atoms in total. The number of aliphatic hydroxyl groups is 2. The molecule has 0 amide bonds. The average molecular weight is 147 g/mol. The summed E-state index contributed by atoms with van der Waals surface area (Å²) in [4.78, 5) is 1.56. The van der Waals surface area contributed by atoms with Crippen molar-refractivity contribution in [3.63, 3.8) is 0 Å². The lowest BCUT2D eigenvalue weighted by Gasteiger charge is -2.26. The number of nitrogens with zero attached hydrogens (tertiary/aromatic N) is 1. The molecule has 2 atom stereocenters. The van der Waals surface area contributed by atoms with E-state index in [9.17, 15) is 10.2 Å². The average Bonchev–Trinajstić information content (AvgIpc) is 2.00. The zero-order chi connectivity index (χ0) is 8.15. The van der Waals surface area contributed by atoms with Crippen molar-refractivity contribution in [1.29, 1.82) is 0 Å². The Kier molecular flexibility index (Phi) is 4.60. The van der Waals surface area contributed by atoms with Gasteiger partial charge in [-0.05, 0) is 19.9 Å². The number of hydrogen-bond acceptors (Lipinski definition) is 3. The molecule has 10 heavy (non-hydrogen) atoms. The molecule has 0 aromatic heterocycles. The lowest BCUT2D eigenvalue weighted by Crippen LogP contribution is -2.39. The van der Waals surface area contributed by atoms with Gasteiger partial charge in [-0.2, -0.15) is 0 Å². The van der Waals surface area contributed by atoms with Crippen molar-refractivity contribution in [3.05, 3.63) is 0 Å². The fourth-order valence-corrected chi connectivity index (χ4v) is 0.775. The van der Waals surface area contributed by atoms with E-state index < -0.39 is 12.5 Å². The molecule has 0 bridgehead atoms. The monoisotopic (exact) mass is 147 g/mol. The van der Waals surface area contributed by atoms with Crippen molar-refractivity contribution in [2.24, 2.45) is 0 Å². The number of aliphatic hydroxyl groups excluding tert-OH is 2. The molecular formula is C7H17NO2. The van der Waals surface area contributed by atoms with Gasteiger partial charge in [0.25, 0.3) is 0 Å². The van der Waals surface area contributed by atoms with E-state index in [0.717, 1.165) is 0 Å². The first-order valence-electron chi connectivity index (χ1n) is 3.71. The van der Waals surface area contributed by atoms with Crippen molar-refractivity contribution in [2.75, 3.05) is 7.05 Å². The Hall–Kier alpha value is -0.120. The quantitative estimate of drug-likeness (QED) is 0.565. The molecule has 0 aliphatic heterocycles. The van der Waals surface area contributed by atoms with Gasteiger partial charge in [0.05, 0.1) is 0 Å². The first kappa shape index (κ1) is 9.88. The highest BCUT2D eigenvalue weighted by atomic mass is 16.3. The minimum Gasteiger partial charge on any atom is -0.378 e. The summed E-state index contributed by atoms with van der Waals surface area (Å²) in [6.45, 7) is 3.76. The second-order valence-electron chi connectivity index (χ2n) is 2.44. The molecule has 0 fully saturated rings. The first-order valence-corrected chi connectivity index (χ1v) is 3.71. The van der Waals surface area contributed by atoms with E-state index in [1.54, 1.807) is 11.9 Å². The molecular weight excluding hydrogens is 130 g/mol. The summed E-state index contributed by atoms with van der Waals surface area (Å²) in [5.41, 5.74) is 0. The lowest BCUT2D eigenvalue weighted by atomic mass is 10.3. The molecule has 0 rings (SSSR count). The van der Waals surface area contributed by atoms with Crippen molar-refractivity contribution in [3.8, 4) is 0 Å². The van der Waals surface area contributed by atoms with Crippen LogP contribution < -0.4 is 0 Å². The molecule has 0 spiro atoms. The third-order valence-corrected chi connectivity index (χ3v) is 1.67. The SMILES string of the molecule is CCC(O)N(C)C(O)CC. The Bertz CT molecular complexity index is 77.7. The molecule has 0 radical (unpaired) electrons. The third kappa shape index (κ3) is 2.64. The van der Waals surface area contributed by atoms with Crippen molar-refractivity contribution < 1.29 is 10.2 Å². The van der Waals surface area contributed by atoms with E-state index in [2.05, 4.69) is 0 Å². The summed E-state index contributed by atoms with van der Waals surface area (Å²) in [7, 11) is 1.71. The van der Waals surface area contributed by atoms with Crippen LogP contribution in [-0.2, 0) is 0 Å². The highest BCUT2D eigenvalue weighted by Crippen LogP contribution is 2.03. The molecule has 0 heterocycles. The van der Waals surface area contributed by atoms with Gasteiger partial charge in [0.15, 0.2) is 0 Å². The van der Waals surface area contributed by atoms with Crippen molar-refractivity contribution in [1.82, 2.24) is 4.90 Å². The van der Waals surface area contributed by atoms with Gasteiger partial charge in [-0.25, -0.2) is 0 Å². The molecule has 0 aromatic rings. The zero-order valence-electron chi connectivity index (χ0n) is 6.91. The Morgan fingerprint density at radius 3 is 1.60 bits per heavy atom. The van der Waals surface area contributed by atoms with Gasteiger partial charge >= 0.3 is 0 Å². The summed E-state index contributed by atoms with van der Waals surface area (Å²) in [5.74, 6) is 0. The molecule has 2 N–H and O–H groups in total. The molecule has 0 aliphatic carbocycles. The Morgan fingerprint density at radius 2 is 1.40 bits per heavy atom. The topological polar surface area (TPSA) is 43.7 Å². The van der Waals surface area contributed by atoms with E-state index >= 15 is 0 Å². The minimum absolute atomic E-state index is 0.519. The summed E-state index contributed by atoms with van der Waals surface area (Å²) >= 11 is 0. The first-order chi connectivity index (χ1) is 4.63. The minimum atomic E-state index is -0.519. The van der Waals surface area contributed by atoms with Crippen LogP contribution in [0.1, 0.15) is 26.7 Å². The van der Waals surface area contributed by atoms with E-state index in [0.29, 0.717) is 12.8 Å². The maximum Gasteiger partial charge on any atom is 0.108 e. The summed E-state index contributed by atoms with van der Waals surface area (Å²) in [5, 5.41) is 18.4. The van der Waals surface area contributed by atoms with Gasteiger partial charge in [0.1, 0.15) is 12.5 Å². The predicted molar refractivity (Wildman–Crippen MR) is 40.4 cm³/mol. The fourth-order valence-electron chi connectivity index (χ4n) is 0.775. The largest absolute Gasteiger partial charge is 0.378 e. The Labute approximate surface area is 62.3 Å². The van der Waals surface area contributed by atoms with Crippen LogP contribution in [0.25, 0.3) is 0 Å². The van der Waals surface area contributed by atoms with E-state index in [-0.39, 0.29) is 0 Å². The number of hydrogen-bond donors (Lipinski definition) is 2. The second kappa shape index (κ2) is 4.66. The summed E-state index contributed by atoms with van der Waals surface area (Å²) < 4.78 is 0. The van der Waals surface area contributed by atoms with Crippen LogP contribution in [0.4, 0.5) is 0 Å². The van der Waals surface area contributed by atoms with Gasteiger partial charge < -0.3 is 10.2 Å². The van der Waals surface area contributed by atoms with Crippen molar-refractivity contribution in [2.45, 2.75) is 39.1 Å². The summed E-state index contributed by atoms with van der Waals surface area (Å²) in [6, 6.07) is 0. The smallest absolute Gasteiger partial charge is 0.108 e. The van der Waals surface area contributed by atoms with Crippen LogP contribution in [0.5, 0.6) is 0 Å². The maximum atomic E-state index is 9.19. The van der Waals surface area contributed by atoms with Crippen molar-refractivity contribution >= 4 is 0 Å². The molecule has 0 saturated heterocycles. The third-order valence-electron chi connectivity index (χ3n) is 1.67. The highest BCUT2D eigenvalue weighted by molar-refractivity contribution is 4.56. The van der Waals surface area contributed by atoms with Crippen LogP contribution >= 0.6 is 0 Å². The molecule has 0 saturated carbocycles. The fraction of sp³-hybridized carbons (Fsp3) is 1.00. The molecule has 3 heteroatoms. The van der Waals surface area contributed by atoms with Crippen LogP contribution in [0, 0.1) is 0 Å². The Morgan fingerprint density at radius 1 is 1.10 bits per heavy atom. The van der Waals surface area contributed by atoms with Crippen LogP contribution in [0.3, 0.4) is 0 Å². The van der Waals surface area contributed by atoms with E-state index in [4.69, 9.17) is 0 Å².